The zero-order chi connectivity index (χ0) is 14.1. The van der Waals surface area contributed by atoms with Gasteiger partial charge in [0.05, 0.1) is 12.5 Å². The third-order valence-corrected chi connectivity index (χ3v) is 4.29. The third-order valence-electron chi connectivity index (χ3n) is 4.29. The number of hydrogen-bond acceptors (Lipinski definition) is 3. The standard InChI is InChI=1S/C16H30O3/c1-4-6-15(5-2)16(17)19-12-14-9-7-13(8-10-14)11-18-3/h13-15H,4-12H2,1-3H3. The van der Waals surface area contributed by atoms with Crippen molar-refractivity contribution in [3.8, 4) is 0 Å². The summed E-state index contributed by atoms with van der Waals surface area (Å²) >= 11 is 0. The van der Waals surface area contributed by atoms with Gasteiger partial charge in [0.25, 0.3) is 0 Å². The lowest BCUT2D eigenvalue weighted by atomic mass is 9.83. The molecule has 0 aromatic heterocycles. The summed E-state index contributed by atoms with van der Waals surface area (Å²) in [6, 6.07) is 0. The summed E-state index contributed by atoms with van der Waals surface area (Å²) in [5.41, 5.74) is 0. The first-order valence-electron chi connectivity index (χ1n) is 7.86. The summed E-state index contributed by atoms with van der Waals surface area (Å²) in [7, 11) is 1.77. The van der Waals surface area contributed by atoms with E-state index in [4.69, 9.17) is 9.47 Å². The highest BCUT2D eigenvalue weighted by molar-refractivity contribution is 5.72. The Balaban J connectivity index is 2.20. The van der Waals surface area contributed by atoms with Gasteiger partial charge in [-0.25, -0.2) is 0 Å². The number of carbonyl (C=O) groups is 1. The van der Waals surface area contributed by atoms with Crippen molar-refractivity contribution >= 4 is 5.97 Å². The maximum absolute atomic E-state index is 11.9. The fourth-order valence-electron chi connectivity index (χ4n) is 2.96. The van der Waals surface area contributed by atoms with Gasteiger partial charge in [-0.2, -0.15) is 0 Å². The molecule has 0 N–H and O–H groups in total. The lowest BCUT2D eigenvalue weighted by Crippen LogP contribution is -2.25. The molecule has 0 spiro atoms. The quantitative estimate of drug-likeness (QED) is 0.629. The second kappa shape index (κ2) is 9.35. The van der Waals surface area contributed by atoms with Gasteiger partial charge in [-0.1, -0.05) is 20.3 Å². The van der Waals surface area contributed by atoms with E-state index in [2.05, 4.69) is 13.8 Å². The molecule has 0 bridgehead atoms. The highest BCUT2D eigenvalue weighted by Gasteiger charge is 2.23. The number of carbonyl (C=O) groups excluding carboxylic acids is 1. The average molecular weight is 270 g/mol. The predicted octanol–water partition coefficient (Wildman–Crippen LogP) is 3.81. The lowest BCUT2D eigenvalue weighted by molar-refractivity contribution is -0.150. The number of hydrogen-bond donors (Lipinski definition) is 0. The van der Waals surface area contributed by atoms with Crippen LogP contribution in [0, 0.1) is 17.8 Å². The van der Waals surface area contributed by atoms with Crippen molar-refractivity contribution in [2.75, 3.05) is 20.3 Å². The molecule has 0 radical (unpaired) electrons. The zero-order valence-corrected chi connectivity index (χ0v) is 12.8. The predicted molar refractivity (Wildman–Crippen MR) is 77.0 cm³/mol. The van der Waals surface area contributed by atoms with E-state index in [1.54, 1.807) is 7.11 Å². The molecule has 1 rings (SSSR count). The van der Waals surface area contributed by atoms with Crippen molar-refractivity contribution in [2.24, 2.45) is 17.8 Å². The molecule has 0 saturated heterocycles. The van der Waals surface area contributed by atoms with Crippen LogP contribution >= 0.6 is 0 Å². The first-order chi connectivity index (χ1) is 9.21. The molecule has 1 saturated carbocycles. The molecule has 0 aromatic carbocycles. The molecule has 1 aliphatic carbocycles. The van der Waals surface area contributed by atoms with Crippen molar-refractivity contribution in [3.63, 3.8) is 0 Å². The number of methoxy groups -OCH3 is 1. The highest BCUT2D eigenvalue weighted by Crippen LogP contribution is 2.29. The second-order valence-electron chi connectivity index (χ2n) is 5.87. The smallest absolute Gasteiger partial charge is 0.308 e. The van der Waals surface area contributed by atoms with Gasteiger partial charge < -0.3 is 9.47 Å². The Morgan fingerprint density at radius 2 is 1.68 bits per heavy atom. The fourth-order valence-corrected chi connectivity index (χ4v) is 2.96. The minimum atomic E-state index is 0.0170. The first kappa shape index (κ1) is 16.5. The molecule has 1 aliphatic rings. The van der Waals surface area contributed by atoms with Crippen LogP contribution in [-0.4, -0.2) is 26.3 Å². The van der Waals surface area contributed by atoms with Gasteiger partial charge in [0, 0.05) is 13.7 Å². The Labute approximate surface area is 118 Å². The molecule has 19 heavy (non-hydrogen) atoms. The average Bonchev–Trinajstić information content (AvgIpc) is 2.44. The lowest BCUT2D eigenvalue weighted by Gasteiger charge is -2.28. The van der Waals surface area contributed by atoms with Crippen molar-refractivity contribution in [2.45, 2.75) is 58.8 Å². The maximum atomic E-state index is 11.9. The molecule has 1 fully saturated rings. The molecular weight excluding hydrogens is 240 g/mol. The Morgan fingerprint density at radius 1 is 1.11 bits per heavy atom. The van der Waals surface area contributed by atoms with Crippen molar-refractivity contribution in [1.29, 1.82) is 0 Å². The largest absolute Gasteiger partial charge is 0.465 e. The highest BCUT2D eigenvalue weighted by atomic mass is 16.5. The van der Waals surface area contributed by atoms with Gasteiger partial charge >= 0.3 is 5.97 Å². The Hall–Kier alpha value is -0.570. The van der Waals surface area contributed by atoms with Gasteiger partial charge in [-0.15, -0.1) is 0 Å². The van der Waals surface area contributed by atoms with Crippen molar-refractivity contribution in [3.05, 3.63) is 0 Å². The molecule has 3 heteroatoms. The van der Waals surface area contributed by atoms with E-state index in [-0.39, 0.29) is 11.9 Å². The van der Waals surface area contributed by atoms with Gasteiger partial charge in [-0.05, 0) is 50.4 Å². The Kier molecular flexibility index (Phi) is 8.11. The minimum absolute atomic E-state index is 0.0170. The van der Waals surface area contributed by atoms with Crippen LogP contribution in [0.3, 0.4) is 0 Å². The monoisotopic (exact) mass is 270 g/mol. The fraction of sp³-hybridized carbons (Fsp3) is 0.938. The van der Waals surface area contributed by atoms with Gasteiger partial charge in [0.1, 0.15) is 0 Å². The third kappa shape index (κ3) is 5.94. The van der Waals surface area contributed by atoms with Crippen LogP contribution in [0.5, 0.6) is 0 Å². The van der Waals surface area contributed by atoms with Crippen LogP contribution in [0.4, 0.5) is 0 Å². The Bertz CT molecular complexity index is 244. The second-order valence-corrected chi connectivity index (χ2v) is 5.87. The van der Waals surface area contributed by atoms with Crippen LogP contribution in [0.2, 0.25) is 0 Å². The van der Waals surface area contributed by atoms with E-state index in [0.717, 1.165) is 25.9 Å². The van der Waals surface area contributed by atoms with E-state index in [0.29, 0.717) is 18.4 Å². The summed E-state index contributed by atoms with van der Waals surface area (Å²) in [5, 5.41) is 0. The molecule has 1 unspecified atom stereocenters. The zero-order valence-electron chi connectivity index (χ0n) is 12.8. The SMILES string of the molecule is CCCC(CC)C(=O)OCC1CCC(COC)CC1. The van der Waals surface area contributed by atoms with E-state index in [1.165, 1.54) is 25.7 Å². The number of rotatable bonds is 8. The molecule has 1 atom stereocenters. The van der Waals surface area contributed by atoms with Gasteiger partial charge in [0.2, 0.25) is 0 Å². The summed E-state index contributed by atoms with van der Waals surface area (Å²) < 4.78 is 10.7. The van der Waals surface area contributed by atoms with Crippen LogP contribution in [0.25, 0.3) is 0 Å². The summed E-state index contributed by atoms with van der Waals surface area (Å²) in [6.45, 7) is 5.68. The maximum Gasteiger partial charge on any atom is 0.308 e. The molecule has 0 amide bonds. The van der Waals surface area contributed by atoms with E-state index in [1.807, 2.05) is 0 Å². The van der Waals surface area contributed by atoms with E-state index >= 15 is 0 Å². The molecule has 0 heterocycles. The molecule has 0 aliphatic heterocycles. The van der Waals surface area contributed by atoms with Gasteiger partial charge in [-0.3, -0.25) is 4.79 Å². The molecule has 0 aromatic rings. The minimum Gasteiger partial charge on any atom is -0.465 e. The Morgan fingerprint density at radius 3 is 2.16 bits per heavy atom. The van der Waals surface area contributed by atoms with Crippen LogP contribution in [-0.2, 0) is 14.3 Å². The number of ether oxygens (including phenoxy) is 2. The first-order valence-corrected chi connectivity index (χ1v) is 7.86. The molecular formula is C16H30O3. The van der Waals surface area contributed by atoms with E-state index < -0.39 is 0 Å². The van der Waals surface area contributed by atoms with E-state index in [9.17, 15) is 4.79 Å². The molecule has 3 nitrogen and oxygen atoms in total. The van der Waals surface area contributed by atoms with Crippen LogP contribution in [0.15, 0.2) is 0 Å². The summed E-state index contributed by atoms with van der Waals surface area (Å²) in [6.07, 6.45) is 7.67. The summed E-state index contributed by atoms with van der Waals surface area (Å²) in [5.74, 6) is 1.40. The topological polar surface area (TPSA) is 35.5 Å². The summed E-state index contributed by atoms with van der Waals surface area (Å²) in [4.78, 5) is 11.9. The van der Waals surface area contributed by atoms with Gasteiger partial charge in [0.15, 0.2) is 0 Å². The van der Waals surface area contributed by atoms with Crippen molar-refractivity contribution in [1.82, 2.24) is 0 Å². The number of esters is 1. The van der Waals surface area contributed by atoms with Crippen molar-refractivity contribution < 1.29 is 14.3 Å². The van der Waals surface area contributed by atoms with Crippen LogP contribution in [0.1, 0.15) is 58.8 Å². The van der Waals surface area contributed by atoms with Crippen LogP contribution < -0.4 is 0 Å². The molecule has 112 valence electrons. The normalized spacial score (nSPS) is 25.0.